The van der Waals surface area contributed by atoms with Crippen molar-refractivity contribution in [1.82, 2.24) is 15.5 Å². The lowest BCUT2D eigenvalue weighted by Gasteiger charge is -1.97. The zero-order valence-corrected chi connectivity index (χ0v) is 9.09. The highest BCUT2D eigenvalue weighted by molar-refractivity contribution is 5.77. The first-order valence-corrected chi connectivity index (χ1v) is 5.35. The first-order valence-electron chi connectivity index (χ1n) is 5.35. The molecule has 0 saturated heterocycles. The Bertz CT molecular complexity index is 568. The van der Waals surface area contributed by atoms with Crippen LogP contribution in [0.2, 0.25) is 0 Å². The summed E-state index contributed by atoms with van der Waals surface area (Å²) in [6.07, 6.45) is 1.32. The summed E-state index contributed by atoms with van der Waals surface area (Å²) in [5.41, 5.74) is 0.906. The first-order chi connectivity index (χ1) is 8.42. The van der Waals surface area contributed by atoms with Gasteiger partial charge >= 0.3 is 0 Å². The Kier molecular flexibility index (Phi) is 2.59. The lowest BCUT2D eigenvalue weighted by molar-refractivity contribution is 0.406. The van der Waals surface area contributed by atoms with Gasteiger partial charge in [-0.1, -0.05) is 23.4 Å². The molecular formula is C12H11N3O2. The number of hydrogen-bond donors (Lipinski definition) is 1. The average Bonchev–Trinajstić information content (AvgIpc) is 2.96. The fourth-order valence-corrected chi connectivity index (χ4v) is 1.69. The second-order valence-electron chi connectivity index (χ2n) is 3.70. The van der Waals surface area contributed by atoms with Crippen LogP contribution in [-0.4, -0.2) is 10.1 Å². The maximum absolute atomic E-state index is 5.66. The van der Waals surface area contributed by atoms with Crippen LogP contribution in [-0.2, 0) is 13.1 Å². The molecule has 0 spiro atoms. The molecule has 0 radical (unpaired) electrons. The Balaban J connectivity index is 1.65. The number of rotatable bonds is 4. The summed E-state index contributed by atoms with van der Waals surface area (Å²) in [6.45, 7) is 1.21. The van der Waals surface area contributed by atoms with Crippen LogP contribution in [0.5, 0.6) is 0 Å². The van der Waals surface area contributed by atoms with Crippen molar-refractivity contribution in [2.75, 3.05) is 0 Å². The number of nitrogens with one attached hydrogen (secondary N) is 1. The van der Waals surface area contributed by atoms with Crippen molar-refractivity contribution in [1.29, 1.82) is 0 Å². The highest BCUT2D eigenvalue weighted by Gasteiger charge is 2.03. The zero-order chi connectivity index (χ0) is 11.5. The largest absolute Gasteiger partial charge is 0.460 e. The Morgan fingerprint density at radius 2 is 2.12 bits per heavy atom. The van der Waals surface area contributed by atoms with Crippen molar-refractivity contribution in [3.63, 3.8) is 0 Å². The van der Waals surface area contributed by atoms with Crippen LogP contribution in [0.4, 0.5) is 0 Å². The fourth-order valence-electron chi connectivity index (χ4n) is 1.69. The third kappa shape index (κ3) is 2.19. The molecule has 0 saturated carbocycles. The highest BCUT2D eigenvalue weighted by atomic mass is 16.5. The second kappa shape index (κ2) is 4.39. The number of hydrogen-bond acceptors (Lipinski definition) is 5. The number of benzene rings is 1. The van der Waals surface area contributed by atoms with Gasteiger partial charge in [-0.05, 0) is 12.1 Å². The molecule has 2 heterocycles. The van der Waals surface area contributed by atoms with Crippen LogP contribution < -0.4 is 5.32 Å². The smallest absolute Gasteiger partial charge is 0.213 e. The molecule has 0 unspecified atom stereocenters. The summed E-state index contributed by atoms with van der Waals surface area (Å²) in [6, 6.07) is 9.97. The van der Waals surface area contributed by atoms with Crippen LogP contribution in [0.15, 0.2) is 45.7 Å². The van der Waals surface area contributed by atoms with Gasteiger partial charge in [-0.2, -0.15) is 4.98 Å². The van der Waals surface area contributed by atoms with Gasteiger partial charge in [0.15, 0.2) is 5.82 Å². The molecule has 2 aromatic heterocycles. The summed E-state index contributed by atoms with van der Waals surface area (Å²) in [4.78, 5) is 3.92. The van der Waals surface area contributed by atoms with Crippen molar-refractivity contribution in [3.05, 3.63) is 48.3 Å². The van der Waals surface area contributed by atoms with Gasteiger partial charge in [0.1, 0.15) is 11.3 Å². The van der Waals surface area contributed by atoms with Crippen LogP contribution in [0.25, 0.3) is 11.0 Å². The molecular weight excluding hydrogens is 218 g/mol. The van der Waals surface area contributed by atoms with Gasteiger partial charge in [-0.15, -0.1) is 0 Å². The molecule has 5 nitrogen and oxygen atoms in total. The molecule has 0 bridgehead atoms. The monoisotopic (exact) mass is 229 g/mol. The molecule has 0 amide bonds. The summed E-state index contributed by atoms with van der Waals surface area (Å²) >= 11 is 0. The van der Waals surface area contributed by atoms with E-state index >= 15 is 0 Å². The molecule has 3 rings (SSSR count). The summed E-state index contributed by atoms with van der Waals surface area (Å²) in [5, 5.41) is 8.01. The van der Waals surface area contributed by atoms with Crippen LogP contribution in [0.3, 0.4) is 0 Å². The van der Waals surface area contributed by atoms with E-state index in [0.29, 0.717) is 18.9 Å². The van der Waals surface area contributed by atoms with Crippen LogP contribution in [0.1, 0.15) is 11.6 Å². The molecule has 3 aromatic rings. The molecule has 1 aromatic carbocycles. The Hall–Kier alpha value is -2.14. The highest BCUT2D eigenvalue weighted by Crippen LogP contribution is 2.18. The van der Waals surface area contributed by atoms with E-state index in [0.717, 1.165) is 16.7 Å². The van der Waals surface area contributed by atoms with Gasteiger partial charge in [-0.3, -0.25) is 0 Å². The van der Waals surface area contributed by atoms with Gasteiger partial charge < -0.3 is 14.3 Å². The standard InChI is InChI=1S/C12H11N3O2/c1-2-4-11-9(3-1)5-10(17-11)6-13-7-12-14-8-16-15-12/h1-5,8,13H,6-7H2. The zero-order valence-electron chi connectivity index (χ0n) is 9.09. The minimum atomic E-state index is 0.563. The molecule has 86 valence electrons. The number of nitrogens with zero attached hydrogens (tertiary/aromatic N) is 2. The number of furan rings is 1. The maximum Gasteiger partial charge on any atom is 0.213 e. The molecule has 5 heteroatoms. The van der Waals surface area contributed by atoms with E-state index in [1.165, 1.54) is 6.39 Å². The van der Waals surface area contributed by atoms with Crippen molar-refractivity contribution >= 4 is 11.0 Å². The van der Waals surface area contributed by atoms with Gasteiger partial charge in [0, 0.05) is 5.39 Å². The molecule has 0 aliphatic heterocycles. The fraction of sp³-hybridized carbons (Fsp3) is 0.167. The number of para-hydroxylation sites is 1. The van der Waals surface area contributed by atoms with Crippen molar-refractivity contribution in [2.45, 2.75) is 13.1 Å². The number of fused-ring (bicyclic) bond motifs is 1. The van der Waals surface area contributed by atoms with E-state index in [1.807, 2.05) is 30.3 Å². The first kappa shape index (κ1) is 10.0. The van der Waals surface area contributed by atoms with E-state index in [9.17, 15) is 0 Å². The molecule has 0 fully saturated rings. The van der Waals surface area contributed by atoms with E-state index in [2.05, 4.69) is 20.0 Å². The molecule has 0 aliphatic rings. The number of aromatic nitrogens is 2. The second-order valence-corrected chi connectivity index (χ2v) is 3.70. The Morgan fingerprint density at radius 1 is 1.18 bits per heavy atom. The quantitative estimate of drug-likeness (QED) is 0.742. The molecule has 1 N–H and O–H groups in total. The Morgan fingerprint density at radius 3 is 2.94 bits per heavy atom. The van der Waals surface area contributed by atoms with Gasteiger partial charge in [0.2, 0.25) is 6.39 Å². The predicted octanol–water partition coefficient (Wildman–Crippen LogP) is 2.11. The van der Waals surface area contributed by atoms with Crippen LogP contribution in [0, 0.1) is 0 Å². The van der Waals surface area contributed by atoms with Gasteiger partial charge in [-0.25, -0.2) is 0 Å². The van der Waals surface area contributed by atoms with E-state index in [-0.39, 0.29) is 0 Å². The third-order valence-corrected chi connectivity index (χ3v) is 2.47. The van der Waals surface area contributed by atoms with Crippen molar-refractivity contribution in [3.8, 4) is 0 Å². The SMILES string of the molecule is c1ccc2oc(CNCc3ncon3)cc2c1. The van der Waals surface area contributed by atoms with Crippen molar-refractivity contribution in [2.24, 2.45) is 0 Å². The lowest BCUT2D eigenvalue weighted by Crippen LogP contribution is -2.13. The lowest BCUT2D eigenvalue weighted by atomic mass is 10.2. The summed E-state index contributed by atoms with van der Waals surface area (Å²) in [5.74, 6) is 1.54. The van der Waals surface area contributed by atoms with Gasteiger partial charge in [0.05, 0.1) is 13.1 Å². The van der Waals surface area contributed by atoms with E-state index in [4.69, 9.17) is 4.42 Å². The minimum Gasteiger partial charge on any atom is -0.460 e. The van der Waals surface area contributed by atoms with E-state index < -0.39 is 0 Å². The summed E-state index contributed by atoms with van der Waals surface area (Å²) < 4.78 is 10.3. The van der Waals surface area contributed by atoms with Crippen molar-refractivity contribution < 1.29 is 8.94 Å². The third-order valence-electron chi connectivity index (χ3n) is 2.47. The average molecular weight is 229 g/mol. The maximum atomic E-state index is 5.66. The van der Waals surface area contributed by atoms with Crippen LogP contribution >= 0.6 is 0 Å². The molecule has 0 atom stereocenters. The topological polar surface area (TPSA) is 64.1 Å². The normalized spacial score (nSPS) is 11.1. The minimum absolute atomic E-state index is 0.563. The molecule has 0 aliphatic carbocycles. The van der Waals surface area contributed by atoms with Gasteiger partial charge in [0.25, 0.3) is 0 Å². The van der Waals surface area contributed by atoms with E-state index in [1.54, 1.807) is 0 Å². The Labute approximate surface area is 97.4 Å². The predicted molar refractivity (Wildman–Crippen MR) is 61.1 cm³/mol. The molecule has 17 heavy (non-hydrogen) atoms. The summed E-state index contributed by atoms with van der Waals surface area (Å²) in [7, 11) is 0.